The summed E-state index contributed by atoms with van der Waals surface area (Å²) in [6.07, 6.45) is 0. The van der Waals surface area contributed by atoms with Crippen molar-refractivity contribution in [3.63, 3.8) is 0 Å². The van der Waals surface area contributed by atoms with Gasteiger partial charge >= 0.3 is 0 Å². The predicted molar refractivity (Wildman–Crippen MR) is 100 cm³/mol. The van der Waals surface area contributed by atoms with Crippen LogP contribution in [0.2, 0.25) is 0 Å². The first-order chi connectivity index (χ1) is 12.5. The van der Waals surface area contributed by atoms with E-state index >= 15 is 0 Å². The minimum Gasteiger partial charge on any atom is -0.492 e. The zero-order valence-electron chi connectivity index (χ0n) is 15.1. The van der Waals surface area contributed by atoms with Crippen LogP contribution in [0, 0.1) is 5.82 Å². The maximum Gasteiger partial charge on any atom is 0.243 e. The van der Waals surface area contributed by atoms with Crippen molar-refractivity contribution >= 4 is 10.0 Å². The second-order valence-corrected chi connectivity index (χ2v) is 7.47. The summed E-state index contributed by atoms with van der Waals surface area (Å²) in [5.41, 5.74) is 0.701. The molecule has 26 heavy (non-hydrogen) atoms. The molecule has 0 radical (unpaired) electrons. The third-order valence-electron chi connectivity index (χ3n) is 4.11. The van der Waals surface area contributed by atoms with Crippen LogP contribution < -0.4 is 9.46 Å². The topological polar surface area (TPSA) is 58.6 Å². The molecule has 0 aromatic heterocycles. The van der Waals surface area contributed by atoms with Crippen LogP contribution in [0.5, 0.6) is 5.75 Å². The van der Waals surface area contributed by atoms with Crippen LogP contribution in [0.1, 0.15) is 19.4 Å². The Balaban J connectivity index is 2.03. The highest BCUT2D eigenvalue weighted by Gasteiger charge is 2.18. The summed E-state index contributed by atoms with van der Waals surface area (Å²) in [5.74, 6) is -0.153. The molecule has 0 aliphatic heterocycles. The second-order valence-electron chi connectivity index (χ2n) is 5.74. The number of likely N-dealkylation sites (N-methyl/N-ethyl adjacent to an activating group) is 1. The average molecular weight is 380 g/mol. The van der Waals surface area contributed by atoms with E-state index in [0.29, 0.717) is 17.9 Å². The highest BCUT2D eigenvalue weighted by molar-refractivity contribution is 7.89. The van der Waals surface area contributed by atoms with Gasteiger partial charge in [-0.1, -0.05) is 44.2 Å². The zero-order chi connectivity index (χ0) is 19.0. The highest BCUT2D eigenvalue weighted by Crippen LogP contribution is 2.19. The van der Waals surface area contributed by atoms with Crippen LogP contribution in [0.25, 0.3) is 0 Å². The summed E-state index contributed by atoms with van der Waals surface area (Å²) in [7, 11) is -3.94. The summed E-state index contributed by atoms with van der Waals surface area (Å²) in [5, 5.41) is 0. The molecule has 0 fully saturated rings. The molecule has 1 N–H and O–H groups in total. The summed E-state index contributed by atoms with van der Waals surface area (Å²) in [4.78, 5) is 1.88. The Hall–Kier alpha value is -1.96. The zero-order valence-corrected chi connectivity index (χ0v) is 15.9. The highest BCUT2D eigenvalue weighted by atomic mass is 32.2. The Morgan fingerprint density at radius 1 is 1.04 bits per heavy atom. The maximum absolute atomic E-state index is 13.8. The third kappa shape index (κ3) is 5.52. The number of halogens is 1. The van der Waals surface area contributed by atoms with Crippen molar-refractivity contribution in [2.75, 3.05) is 26.2 Å². The molecule has 2 rings (SSSR count). The van der Waals surface area contributed by atoms with E-state index in [4.69, 9.17) is 4.74 Å². The molecule has 0 spiro atoms. The Bertz CT molecular complexity index is 808. The van der Waals surface area contributed by atoms with Gasteiger partial charge in [0.25, 0.3) is 0 Å². The predicted octanol–water partition coefficient (Wildman–Crippen LogP) is 3.02. The van der Waals surface area contributed by atoms with Gasteiger partial charge in [-0.25, -0.2) is 17.5 Å². The quantitative estimate of drug-likeness (QED) is 0.688. The van der Waals surface area contributed by atoms with Gasteiger partial charge in [0.05, 0.1) is 0 Å². The lowest BCUT2D eigenvalue weighted by Crippen LogP contribution is -2.28. The fourth-order valence-electron chi connectivity index (χ4n) is 2.53. The molecule has 0 aliphatic rings. The summed E-state index contributed by atoms with van der Waals surface area (Å²) < 4.78 is 46.6. The molecular weight excluding hydrogens is 355 g/mol. The van der Waals surface area contributed by atoms with Crippen LogP contribution >= 0.6 is 0 Å². The number of para-hydroxylation sites is 1. The van der Waals surface area contributed by atoms with Crippen LogP contribution in [-0.4, -0.2) is 39.6 Å². The van der Waals surface area contributed by atoms with Gasteiger partial charge in [0.15, 0.2) is 0 Å². The molecule has 142 valence electrons. The van der Waals surface area contributed by atoms with E-state index in [1.165, 1.54) is 18.2 Å². The van der Waals surface area contributed by atoms with E-state index < -0.39 is 15.8 Å². The summed E-state index contributed by atoms with van der Waals surface area (Å²) in [6, 6.07) is 12.5. The van der Waals surface area contributed by atoms with Crippen LogP contribution in [0.15, 0.2) is 53.4 Å². The Labute approximate surface area is 154 Å². The van der Waals surface area contributed by atoms with Crippen LogP contribution in [0.4, 0.5) is 4.39 Å². The number of hydrogen-bond donors (Lipinski definition) is 1. The molecule has 0 atom stereocenters. The number of benzene rings is 2. The summed E-state index contributed by atoms with van der Waals surface area (Å²) >= 11 is 0. The summed E-state index contributed by atoms with van der Waals surface area (Å²) in [6.45, 7) is 7.41. The van der Waals surface area contributed by atoms with Crippen molar-refractivity contribution in [1.82, 2.24) is 9.62 Å². The van der Waals surface area contributed by atoms with Gasteiger partial charge in [-0.05, 0) is 31.3 Å². The molecule has 0 saturated carbocycles. The number of nitrogens with zero attached hydrogens (tertiary/aromatic N) is 1. The van der Waals surface area contributed by atoms with E-state index in [2.05, 4.69) is 23.5 Å². The molecule has 2 aromatic carbocycles. The van der Waals surface area contributed by atoms with E-state index in [9.17, 15) is 12.8 Å². The van der Waals surface area contributed by atoms with E-state index in [0.717, 1.165) is 25.7 Å². The Morgan fingerprint density at radius 3 is 2.38 bits per heavy atom. The van der Waals surface area contributed by atoms with Crippen molar-refractivity contribution < 1.29 is 17.5 Å². The smallest absolute Gasteiger partial charge is 0.243 e. The first-order valence-corrected chi connectivity index (χ1v) is 10.1. The third-order valence-corrected chi connectivity index (χ3v) is 5.55. The van der Waals surface area contributed by atoms with Crippen molar-refractivity contribution in [3.8, 4) is 5.75 Å². The van der Waals surface area contributed by atoms with Gasteiger partial charge in [0, 0.05) is 18.7 Å². The van der Waals surface area contributed by atoms with Gasteiger partial charge < -0.3 is 9.64 Å². The van der Waals surface area contributed by atoms with Gasteiger partial charge in [0.2, 0.25) is 10.0 Å². The number of rotatable bonds is 10. The average Bonchev–Trinajstić information content (AvgIpc) is 2.64. The van der Waals surface area contributed by atoms with Crippen molar-refractivity contribution in [3.05, 3.63) is 59.9 Å². The number of hydrogen-bond acceptors (Lipinski definition) is 4. The fourth-order valence-corrected chi connectivity index (χ4v) is 3.61. The molecule has 0 saturated heterocycles. The minimum atomic E-state index is -3.94. The molecule has 0 bridgehead atoms. The Morgan fingerprint density at radius 2 is 1.69 bits per heavy atom. The minimum absolute atomic E-state index is 0.0259. The largest absolute Gasteiger partial charge is 0.492 e. The fraction of sp³-hybridized carbons (Fsp3) is 0.368. The standard InChI is InChI=1S/C19H25FN2O3S/c1-3-22(4-2)13-14-25-18-11-7-5-9-16(18)15-21-26(23,24)19-12-8-6-10-17(19)20/h5-12,21H,3-4,13-15H2,1-2H3. The lowest BCUT2D eigenvalue weighted by molar-refractivity contribution is 0.221. The molecule has 2 aromatic rings. The van der Waals surface area contributed by atoms with Crippen molar-refractivity contribution in [1.29, 1.82) is 0 Å². The number of ether oxygens (including phenoxy) is 1. The first-order valence-electron chi connectivity index (χ1n) is 8.65. The van der Waals surface area contributed by atoms with Gasteiger partial charge in [-0.2, -0.15) is 0 Å². The molecule has 0 unspecified atom stereocenters. The molecular formula is C19H25FN2O3S. The van der Waals surface area contributed by atoms with E-state index in [1.807, 2.05) is 12.1 Å². The first kappa shape index (κ1) is 20.4. The molecule has 7 heteroatoms. The van der Waals surface area contributed by atoms with Crippen LogP contribution in [0.3, 0.4) is 0 Å². The van der Waals surface area contributed by atoms with Crippen LogP contribution in [-0.2, 0) is 16.6 Å². The second kappa shape index (κ2) is 9.66. The molecule has 0 heterocycles. The number of nitrogens with one attached hydrogen (secondary N) is 1. The number of sulfonamides is 1. The lowest BCUT2D eigenvalue weighted by atomic mass is 10.2. The van der Waals surface area contributed by atoms with E-state index in [1.54, 1.807) is 12.1 Å². The monoisotopic (exact) mass is 380 g/mol. The van der Waals surface area contributed by atoms with Crippen molar-refractivity contribution in [2.45, 2.75) is 25.3 Å². The Kier molecular flexibility index (Phi) is 7.56. The maximum atomic E-state index is 13.8. The van der Waals surface area contributed by atoms with Gasteiger partial charge in [-0.3, -0.25) is 0 Å². The molecule has 5 nitrogen and oxygen atoms in total. The van der Waals surface area contributed by atoms with Crippen molar-refractivity contribution in [2.24, 2.45) is 0 Å². The van der Waals surface area contributed by atoms with E-state index in [-0.39, 0.29) is 11.4 Å². The van der Waals surface area contributed by atoms with Gasteiger partial charge in [0.1, 0.15) is 23.1 Å². The SMILES string of the molecule is CCN(CC)CCOc1ccccc1CNS(=O)(=O)c1ccccc1F. The van der Waals surface area contributed by atoms with Gasteiger partial charge in [-0.15, -0.1) is 0 Å². The normalized spacial score (nSPS) is 11.7. The lowest BCUT2D eigenvalue weighted by Gasteiger charge is -2.19. The molecule has 0 aliphatic carbocycles. The molecule has 0 amide bonds.